The van der Waals surface area contributed by atoms with Crippen LogP contribution >= 0.6 is 15.9 Å². The SMILES string of the molecule is COC1(C)Oc2ccc(-c3nc(C)ccc3Br)cc2C(O)C1c1cccnc1. The molecule has 0 radical (unpaired) electrons. The number of benzene rings is 1. The van der Waals surface area contributed by atoms with Gasteiger partial charge in [0.1, 0.15) is 5.75 Å². The lowest BCUT2D eigenvalue weighted by atomic mass is 9.81. The zero-order valence-corrected chi connectivity index (χ0v) is 17.5. The summed E-state index contributed by atoms with van der Waals surface area (Å²) in [6.07, 6.45) is 2.63. The molecular formula is C22H21BrN2O3. The number of aryl methyl sites for hydroxylation is 1. The first kappa shape index (κ1) is 19.1. The molecule has 1 aliphatic rings. The molecule has 1 aliphatic heterocycles. The van der Waals surface area contributed by atoms with Crippen molar-refractivity contribution in [2.45, 2.75) is 31.7 Å². The fourth-order valence-corrected chi connectivity index (χ4v) is 4.17. The normalized spacial score (nSPS) is 23.8. The average molecular weight is 441 g/mol. The van der Waals surface area contributed by atoms with Crippen molar-refractivity contribution in [3.05, 3.63) is 76.2 Å². The number of pyridine rings is 2. The van der Waals surface area contributed by atoms with E-state index in [-0.39, 0.29) is 0 Å². The Morgan fingerprint density at radius 2 is 2.04 bits per heavy atom. The van der Waals surface area contributed by atoms with E-state index in [1.807, 2.05) is 56.3 Å². The highest BCUT2D eigenvalue weighted by atomic mass is 79.9. The predicted molar refractivity (Wildman–Crippen MR) is 110 cm³/mol. The van der Waals surface area contributed by atoms with Gasteiger partial charge in [0.25, 0.3) is 0 Å². The molecule has 6 heteroatoms. The molecule has 2 aromatic heterocycles. The van der Waals surface area contributed by atoms with E-state index >= 15 is 0 Å². The molecule has 3 heterocycles. The van der Waals surface area contributed by atoms with Gasteiger partial charge in [-0.1, -0.05) is 6.07 Å². The molecule has 5 nitrogen and oxygen atoms in total. The molecule has 0 saturated carbocycles. The zero-order chi connectivity index (χ0) is 19.9. The summed E-state index contributed by atoms with van der Waals surface area (Å²) in [6.45, 7) is 3.79. The highest BCUT2D eigenvalue weighted by molar-refractivity contribution is 9.10. The molecule has 4 rings (SSSR count). The van der Waals surface area contributed by atoms with Crippen LogP contribution in [0.5, 0.6) is 5.75 Å². The number of halogens is 1. The van der Waals surface area contributed by atoms with Gasteiger partial charge in [-0.3, -0.25) is 9.97 Å². The summed E-state index contributed by atoms with van der Waals surface area (Å²) >= 11 is 3.57. The molecule has 0 bridgehead atoms. The number of methoxy groups -OCH3 is 1. The molecule has 0 spiro atoms. The number of nitrogens with zero attached hydrogens (tertiary/aromatic N) is 2. The van der Waals surface area contributed by atoms with E-state index in [1.54, 1.807) is 19.5 Å². The third kappa shape index (κ3) is 3.21. The lowest BCUT2D eigenvalue weighted by Crippen LogP contribution is -2.47. The highest BCUT2D eigenvalue weighted by Gasteiger charge is 2.48. The van der Waals surface area contributed by atoms with Gasteiger partial charge in [0.2, 0.25) is 5.79 Å². The van der Waals surface area contributed by atoms with Gasteiger partial charge < -0.3 is 14.6 Å². The Labute approximate surface area is 172 Å². The summed E-state index contributed by atoms with van der Waals surface area (Å²) in [5, 5.41) is 11.3. The van der Waals surface area contributed by atoms with E-state index in [2.05, 4.69) is 25.9 Å². The van der Waals surface area contributed by atoms with Crippen molar-refractivity contribution in [2.75, 3.05) is 7.11 Å². The quantitative estimate of drug-likeness (QED) is 0.634. The number of rotatable bonds is 3. The number of hydrogen-bond acceptors (Lipinski definition) is 5. The van der Waals surface area contributed by atoms with Crippen LogP contribution in [0.1, 0.15) is 35.8 Å². The molecule has 3 unspecified atom stereocenters. The van der Waals surface area contributed by atoms with Crippen LogP contribution in [0.2, 0.25) is 0 Å². The molecule has 0 saturated heterocycles. The number of hydrogen-bond donors (Lipinski definition) is 1. The van der Waals surface area contributed by atoms with Gasteiger partial charge in [-0.2, -0.15) is 0 Å². The van der Waals surface area contributed by atoms with Crippen LogP contribution in [-0.4, -0.2) is 28.0 Å². The van der Waals surface area contributed by atoms with E-state index in [0.29, 0.717) is 11.3 Å². The molecule has 3 atom stereocenters. The zero-order valence-electron chi connectivity index (χ0n) is 15.9. The third-order valence-corrected chi connectivity index (χ3v) is 5.87. The average Bonchev–Trinajstić information content (AvgIpc) is 2.70. The van der Waals surface area contributed by atoms with Gasteiger partial charge in [-0.25, -0.2) is 0 Å². The van der Waals surface area contributed by atoms with Crippen LogP contribution < -0.4 is 4.74 Å². The topological polar surface area (TPSA) is 64.5 Å². The Balaban J connectivity index is 1.84. The van der Waals surface area contributed by atoms with Crippen LogP contribution in [0.4, 0.5) is 0 Å². The third-order valence-electron chi connectivity index (χ3n) is 5.23. The molecule has 3 aromatic rings. The lowest BCUT2D eigenvalue weighted by Gasteiger charge is -2.44. The van der Waals surface area contributed by atoms with Crippen molar-refractivity contribution in [2.24, 2.45) is 0 Å². The van der Waals surface area contributed by atoms with Gasteiger partial charge in [-0.05, 0) is 64.8 Å². The van der Waals surface area contributed by atoms with Crippen LogP contribution in [0, 0.1) is 6.92 Å². The number of aromatic nitrogens is 2. The Hall–Kier alpha value is -2.28. The highest BCUT2D eigenvalue weighted by Crippen LogP contribution is 2.50. The smallest absolute Gasteiger partial charge is 0.217 e. The molecule has 0 aliphatic carbocycles. The van der Waals surface area contributed by atoms with Crippen LogP contribution in [0.15, 0.2) is 59.3 Å². The summed E-state index contributed by atoms with van der Waals surface area (Å²) in [4.78, 5) is 8.83. The van der Waals surface area contributed by atoms with Crippen LogP contribution in [0.3, 0.4) is 0 Å². The van der Waals surface area contributed by atoms with Crippen molar-refractivity contribution < 1.29 is 14.6 Å². The van der Waals surface area contributed by atoms with E-state index in [1.165, 1.54) is 0 Å². The molecule has 28 heavy (non-hydrogen) atoms. The van der Waals surface area contributed by atoms with E-state index < -0.39 is 17.8 Å². The van der Waals surface area contributed by atoms with Crippen molar-refractivity contribution >= 4 is 15.9 Å². The maximum atomic E-state index is 11.3. The summed E-state index contributed by atoms with van der Waals surface area (Å²) in [6, 6.07) is 13.4. The second kappa shape index (κ2) is 7.28. The second-order valence-corrected chi connectivity index (χ2v) is 7.92. The molecule has 0 amide bonds. The first-order valence-electron chi connectivity index (χ1n) is 9.02. The van der Waals surface area contributed by atoms with Crippen molar-refractivity contribution in [1.82, 2.24) is 9.97 Å². The van der Waals surface area contributed by atoms with Gasteiger partial charge >= 0.3 is 0 Å². The van der Waals surface area contributed by atoms with Crippen molar-refractivity contribution in [1.29, 1.82) is 0 Å². The summed E-state index contributed by atoms with van der Waals surface area (Å²) in [5.41, 5.74) is 4.21. The van der Waals surface area contributed by atoms with E-state index in [0.717, 1.165) is 27.0 Å². The first-order valence-corrected chi connectivity index (χ1v) is 9.82. The largest absolute Gasteiger partial charge is 0.462 e. The minimum Gasteiger partial charge on any atom is -0.462 e. The van der Waals surface area contributed by atoms with Crippen LogP contribution in [-0.2, 0) is 4.74 Å². The Morgan fingerprint density at radius 3 is 2.75 bits per heavy atom. The summed E-state index contributed by atoms with van der Waals surface area (Å²) in [7, 11) is 1.59. The fraction of sp³-hybridized carbons (Fsp3) is 0.273. The summed E-state index contributed by atoms with van der Waals surface area (Å²) in [5.74, 6) is -0.841. The maximum Gasteiger partial charge on any atom is 0.217 e. The minimum absolute atomic E-state index is 0.428. The Kier molecular flexibility index (Phi) is 4.95. The van der Waals surface area contributed by atoms with Crippen molar-refractivity contribution in [3.63, 3.8) is 0 Å². The molecular weight excluding hydrogens is 420 g/mol. The standard InChI is InChI=1S/C22H21BrN2O3/c1-13-6-8-17(23)20(25-13)14-7-9-18-16(11-14)21(26)19(22(2,27-3)28-18)15-5-4-10-24-12-15/h4-12,19,21,26H,1-3H3. The predicted octanol–water partition coefficient (Wildman–Crippen LogP) is 4.79. The Bertz CT molecular complexity index is 1010. The number of aliphatic hydroxyl groups excluding tert-OH is 1. The molecule has 0 fully saturated rings. The van der Waals surface area contributed by atoms with Crippen LogP contribution in [0.25, 0.3) is 11.3 Å². The van der Waals surface area contributed by atoms with Gasteiger partial charge in [0.15, 0.2) is 0 Å². The summed E-state index contributed by atoms with van der Waals surface area (Å²) < 4.78 is 12.8. The van der Waals surface area contributed by atoms with Gasteiger partial charge in [0, 0.05) is 47.7 Å². The number of ether oxygens (including phenoxy) is 2. The van der Waals surface area contributed by atoms with E-state index in [4.69, 9.17) is 9.47 Å². The van der Waals surface area contributed by atoms with Gasteiger partial charge in [-0.15, -0.1) is 0 Å². The monoisotopic (exact) mass is 440 g/mol. The number of aliphatic hydroxyl groups is 1. The molecule has 1 N–H and O–H groups in total. The minimum atomic E-state index is -1.01. The lowest BCUT2D eigenvalue weighted by molar-refractivity contribution is -0.197. The molecule has 1 aromatic carbocycles. The molecule has 144 valence electrons. The second-order valence-electron chi connectivity index (χ2n) is 7.07. The van der Waals surface area contributed by atoms with Crippen molar-refractivity contribution in [3.8, 4) is 17.0 Å². The fourth-order valence-electron chi connectivity index (χ4n) is 3.72. The van der Waals surface area contributed by atoms with Gasteiger partial charge in [0.05, 0.1) is 17.7 Å². The first-order chi connectivity index (χ1) is 13.4. The van der Waals surface area contributed by atoms with E-state index in [9.17, 15) is 5.11 Å². The number of fused-ring (bicyclic) bond motifs is 1. The Morgan fingerprint density at radius 1 is 1.21 bits per heavy atom. The maximum absolute atomic E-state index is 11.3.